The second-order valence-corrected chi connectivity index (χ2v) is 6.31. The predicted molar refractivity (Wildman–Crippen MR) is 82.4 cm³/mol. The van der Waals surface area contributed by atoms with E-state index in [2.05, 4.69) is 12.2 Å². The molecule has 2 rings (SSSR count). The van der Waals surface area contributed by atoms with Crippen LogP contribution in [0.3, 0.4) is 0 Å². The second-order valence-electron chi connectivity index (χ2n) is 5.87. The average molecular weight is 316 g/mol. The Morgan fingerprint density at radius 3 is 2.38 bits per heavy atom. The van der Waals surface area contributed by atoms with Crippen LogP contribution in [0.5, 0.6) is 0 Å². The van der Waals surface area contributed by atoms with E-state index in [-0.39, 0.29) is 16.1 Å². The molecule has 0 aromatic heterocycles. The second kappa shape index (κ2) is 5.83. The van der Waals surface area contributed by atoms with E-state index in [0.717, 1.165) is 37.8 Å². The summed E-state index contributed by atoms with van der Waals surface area (Å²) >= 11 is 4.91. The van der Waals surface area contributed by atoms with Crippen LogP contribution in [0.4, 0.5) is 18.9 Å². The van der Waals surface area contributed by atoms with Crippen molar-refractivity contribution in [3.8, 4) is 0 Å². The van der Waals surface area contributed by atoms with Gasteiger partial charge in [0.1, 0.15) is 4.99 Å². The number of nitrogens with one attached hydrogen (secondary N) is 1. The quantitative estimate of drug-likeness (QED) is 0.808. The molecule has 0 bridgehead atoms. The number of rotatable bonds is 3. The van der Waals surface area contributed by atoms with Crippen molar-refractivity contribution in [1.82, 2.24) is 0 Å². The molecule has 21 heavy (non-hydrogen) atoms. The van der Waals surface area contributed by atoms with Crippen LogP contribution in [0.15, 0.2) is 18.2 Å². The summed E-state index contributed by atoms with van der Waals surface area (Å²) < 4.78 is 38.4. The maximum atomic E-state index is 12.8. The fourth-order valence-electron chi connectivity index (χ4n) is 2.82. The van der Waals surface area contributed by atoms with Crippen molar-refractivity contribution in [2.75, 3.05) is 5.32 Å². The average Bonchev–Trinajstić information content (AvgIpc) is 2.38. The van der Waals surface area contributed by atoms with Gasteiger partial charge < -0.3 is 11.1 Å². The molecule has 1 saturated carbocycles. The Morgan fingerprint density at radius 1 is 1.24 bits per heavy atom. The van der Waals surface area contributed by atoms with Gasteiger partial charge in [0.15, 0.2) is 0 Å². The van der Waals surface area contributed by atoms with Crippen molar-refractivity contribution in [2.24, 2.45) is 5.73 Å². The maximum absolute atomic E-state index is 12.8. The molecule has 1 aliphatic rings. The van der Waals surface area contributed by atoms with Gasteiger partial charge in [-0.3, -0.25) is 0 Å². The molecular formula is C15H19F3N2S. The largest absolute Gasteiger partial charge is 0.416 e. The Kier molecular flexibility index (Phi) is 4.46. The Morgan fingerprint density at radius 2 is 1.86 bits per heavy atom. The minimum Gasteiger partial charge on any atom is -0.389 e. The molecule has 2 nitrogen and oxygen atoms in total. The molecule has 0 spiro atoms. The summed E-state index contributed by atoms with van der Waals surface area (Å²) in [5.41, 5.74) is 5.59. The molecule has 0 amide bonds. The van der Waals surface area contributed by atoms with E-state index >= 15 is 0 Å². The minimum atomic E-state index is -4.40. The van der Waals surface area contributed by atoms with Gasteiger partial charge in [-0.05, 0) is 38.0 Å². The van der Waals surface area contributed by atoms with Gasteiger partial charge in [-0.2, -0.15) is 13.2 Å². The van der Waals surface area contributed by atoms with Gasteiger partial charge in [0, 0.05) is 16.8 Å². The molecule has 3 N–H and O–H groups in total. The Hall–Kier alpha value is -1.30. The topological polar surface area (TPSA) is 38.0 Å². The van der Waals surface area contributed by atoms with E-state index in [0.29, 0.717) is 5.69 Å². The van der Waals surface area contributed by atoms with Crippen LogP contribution < -0.4 is 11.1 Å². The Balaban J connectivity index is 2.33. The first-order valence-corrected chi connectivity index (χ1v) is 7.41. The lowest BCUT2D eigenvalue weighted by molar-refractivity contribution is -0.137. The molecule has 0 saturated heterocycles. The van der Waals surface area contributed by atoms with Crippen LogP contribution in [0.25, 0.3) is 0 Å². The summed E-state index contributed by atoms with van der Waals surface area (Å²) in [5, 5.41) is 3.35. The van der Waals surface area contributed by atoms with Crippen LogP contribution in [0, 0.1) is 0 Å². The summed E-state index contributed by atoms with van der Waals surface area (Å²) in [5.74, 6) is 0. The smallest absolute Gasteiger partial charge is 0.389 e. The molecule has 116 valence electrons. The van der Waals surface area contributed by atoms with Gasteiger partial charge in [0.05, 0.1) is 5.56 Å². The number of benzene rings is 1. The standard InChI is InChI=1S/C15H19F3N2S/c1-14(7-3-2-4-8-14)20-12-6-5-10(15(16,17)18)9-11(12)13(19)21/h5-6,9,20H,2-4,7-8H2,1H3,(H2,19,21). The minimum absolute atomic E-state index is 0.0250. The molecule has 0 heterocycles. The molecule has 6 heteroatoms. The number of nitrogens with two attached hydrogens (primary N) is 1. The summed E-state index contributed by atoms with van der Waals surface area (Å²) in [7, 11) is 0. The molecule has 0 aliphatic heterocycles. The van der Waals surface area contributed by atoms with E-state index in [1.807, 2.05) is 0 Å². The SMILES string of the molecule is CC1(Nc2ccc(C(F)(F)F)cc2C(N)=S)CCCCC1. The summed E-state index contributed by atoms with van der Waals surface area (Å²) in [4.78, 5) is -0.0250. The van der Waals surface area contributed by atoms with Gasteiger partial charge >= 0.3 is 6.18 Å². The highest BCUT2D eigenvalue weighted by molar-refractivity contribution is 7.80. The number of halogens is 3. The Bertz CT molecular complexity index is 534. The molecule has 1 aliphatic carbocycles. The number of hydrogen-bond acceptors (Lipinski definition) is 2. The highest BCUT2D eigenvalue weighted by atomic mass is 32.1. The molecule has 0 unspecified atom stereocenters. The monoisotopic (exact) mass is 316 g/mol. The first-order chi connectivity index (χ1) is 9.71. The predicted octanol–water partition coefficient (Wildman–Crippen LogP) is 4.47. The number of anilines is 1. The van der Waals surface area contributed by atoms with Crippen molar-refractivity contribution < 1.29 is 13.2 Å². The van der Waals surface area contributed by atoms with Gasteiger partial charge in [0.25, 0.3) is 0 Å². The third-order valence-corrected chi connectivity index (χ3v) is 4.23. The molecule has 0 atom stereocenters. The molecule has 1 aromatic carbocycles. The van der Waals surface area contributed by atoms with E-state index < -0.39 is 11.7 Å². The van der Waals surface area contributed by atoms with Crippen molar-refractivity contribution >= 4 is 22.9 Å². The lowest BCUT2D eigenvalue weighted by Gasteiger charge is -2.36. The zero-order valence-corrected chi connectivity index (χ0v) is 12.7. The molecule has 1 fully saturated rings. The summed E-state index contributed by atoms with van der Waals surface area (Å²) in [6.45, 7) is 2.09. The van der Waals surface area contributed by atoms with E-state index in [4.69, 9.17) is 18.0 Å². The van der Waals surface area contributed by atoms with Crippen molar-refractivity contribution in [3.63, 3.8) is 0 Å². The fourth-order valence-corrected chi connectivity index (χ4v) is 2.98. The lowest BCUT2D eigenvalue weighted by atomic mass is 9.83. The Labute approximate surface area is 127 Å². The van der Waals surface area contributed by atoms with Crippen LogP contribution in [-0.4, -0.2) is 10.5 Å². The van der Waals surface area contributed by atoms with Crippen molar-refractivity contribution in [1.29, 1.82) is 0 Å². The lowest BCUT2D eigenvalue weighted by Crippen LogP contribution is -2.37. The summed E-state index contributed by atoms with van der Waals surface area (Å²) in [6, 6.07) is 3.52. The third-order valence-electron chi connectivity index (χ3n) is 4.01. The highest BCUT2D eigenvalue weighted by Crippen LogP contribution is 2.35. The zero-order valence-electron chi connectivity index (χ0n) is 11.9. The fraction of sp³-hybridized carbons (Fsp3) is 0.533. The van der Waals surface area contributed by atoms with Crippen LogP contribution in [0.2, 0.25) is 0 Å². The zero-order chi connectivity index (χ0) is 15.7. The van der Waals surface area contributed by atoms with Gasteiger partial charge in [0.2, 0.25) is 0 Å². The van der Waals surface area contributed by atoms with Crippen LogP contribution in [-0.2, 0) is 6.18 Å². The van der Waals surface area contributed by atoms with Gasteiger partial charge in [-0.1, -0.05) is 31.5 Å². The number of hydrogen-bond donors (Lipinski definition) is 2. The first kappa shape index (κ1) is 16.1. The molecule has 1 aromatic rings. The van der Waals surface area contributed by atoms with Crippen LogP contribution >= 0.6 is 12.2 Å². The van der Waals surface area contributed by atoms with E-state index in [9.17, 15) is 13.2 Å². The molecular weight excluding hydrogens is 297 g/mol. The van der Waals surface area contributed by atoms with E-state index in [1.165, 1.54) is 12.5 Å². The van der Waals surface area contributed by atoms with Gasteiger partial charge in [-0.15, -0.1) is 0 Å². The van der Waals surface area contributed by atoms with E-state index in [1.54, 1.807) is 0 Å². The van der Waals surface area contributed by atoms with Gasteiger partial charge in [-0.25, -0.2) is 0 Å². The van der Waals surface area contributed by atoms with Crippen LogP contribution in [0.1, 0.15) is 50.2 Å². The first-order valence-electron chi connectivity index (χ1n) is 7.00. The van der Waals surface area contributed by atoms with Crippen molar-refractivity contribution in [2.45, 2.75) is 50.7 Å². The normalized spacial score (nSPS) is 18.3. The molecule has 0 radical (unpaired) electrons. The third kappa shape index (κ3) is 3.87. The highest BCUT2D eigenvalue weighted by Gasteiger charge is 2.32. The number of thiocarbonyl (C=S) groups is 1. The number of alkyl halides is 3. The van der Waals surface area contributed by atoms with Crippen molar-refractivity contribution in [3.05, 3.63) is 29.3 Å². The summed E-state index contributed by atoms with van der Waals surface area (Å²) in [6.07, 6.45) is 1.02. The maximum Gasteiger partial charge on any atom is 0.416 e.